The second kappa shape index (κ2) is 9.08. The first-order chi connectivity index (χ1) is 13.8. The van der Waals surface area contributed by atoms with Crippen molar-refractivity contribution in [3.8, 4) is 0 Å². The van der Waals surface area contributed by atoms with Crippen LogP contribution in [0, 0.1) is 0 Å². The smallest absolute Gasteiger partial charge is 0.340 e. The van der Waals surface area contributed by atoms with Gasteiger partial charge in [0.25, 0.3) is 0 Å². The van der Waals surface area contributed by atoms with Crippen molar-refractivity contribution < 1.29 is 27.5 Å². The summed E-state index contributed by atoms with van der Waals surface area (Å²) in [7, 11) is -2.69. The second-order valence-electron chi connectivity index (χ2n) is 6.97. The fourth-order valence-corrected chi connectivity index (χ4v) is 4.03. The van der Waals surface area contributed by atoms with E-state index in [1.165, 1.54) is 19.2 Å². The van der Waals surface area contributed by atoms with Gasteiger partial charge < -0.3 is 19.3 Å². The number of esters is 1. The van der Waals surface area contributed by atoms with E-state index >= 15 is 0 Å². The van der Waals surface area contributed by atoms with Crippen molar-refractivity contribution in [2.45, 2.75) is 4.90 Å². The highest BCUT2D eigenvalue weighted by Gasteiger charge is 2.26. The number of hydrogen-bond acceptors (Lipinski definition) is 8. The van der Waals surface area contributed by atoms with Crippen LogP contribution in [-0.4, -0.2) is 96.2 Å². The second-order valence-corrected chi connectivity index (χ2v) is 8.53. The van der Waals surface area contributed by atoms with Crippen LogP contribution in [0.2, 0.25) is 0 Å². The van der Waals surface area contributed by atoms with Crippen molar-refractivity contribution in [3.63, 3.8) is 0 Å². The van der Waals surface area contributed by atoms with E-state index in [1.807, 2.05) is 9.80 Å². The first kappa shape index (κ1) is 21.5. The van der Waals surface area contributed by atoms with Gasteiger partial charge in [0.2, 0.25) is 15.9 Å². The maximum atomic E-state index is 12.4. The minimum Gasteiger partial charge on any atom is -0.465 e. The minimum absolute atomic E-state index is 0.0921. The Kier molecular flexibility index (Phi) is 6.73. The van der Waals surface area contributed by atoms with Gasteiger partial charge in [0.1, 0.15) is 0 Å². The fraction of sp³-hybridized carbons (Fsp3) is 0.556. The lowest BCUT2D eigenvalue weighted by atomic mass is 10.1. The van der Waals surface area contributed by atoms with Crippen LogP contribution in [0.5, 0.6) is 0 Å². The van der Waals surface area contributed by atoms with Gasteiger partial charge in [-0.3, -0.25) is 9.69 Å². The molecule has 2 N–H and O–H groups in total. The number of benzene rings is 1. The third-order valence-corrected chi connectivity index (χ3v) is 6.05. The predicted octanol–water partition coefficient (Wildman–Crippen LogP) is -0.899. The zero-order chi connectivity index (χ0) is 21.0. The topological polar surface area (TPSA) is 122 Å². The Morgan fingerprint density at radius 1 is 1.10 bits per heavy atom. The van der Waals surface area contributed by atoms with Crippen molar-refractivity contribution in [2.75, 3.05) is 71.0 Å². The summed E-state index contributed by atoms with van der Waals surface area (Å²) in [6.45, 7) is 5.22. The van der Waals surface area contributed by atoms with Gasteiger partial charge in [-0.25, -0.2) is 18.4 Å². The number of hydrogen-bond donors (Lipinski definition) is 1. The summed E-state index contributed by atoms with van der Waals surface area (Å²) >= 11 is 0. The van der Waals surface area contributed by atoms with Gasteiger partial charge in [-0.1, -0.05) is 0 Å². The molecule has 1 aromatic carbocycles. The summed E-state index contributed by atoms with van der Waals surface area (Å²) in [6.07, 6.45) is 0. The number of sulfonamides is 1. The molecule has 0 bridgehead atoms. The number of primary sulfonamides is 1. The third-order valence-electron chi connectivity index (χ3n) is 5.14. The van der Waals surface area contributed by atoms with Crippen LogP contribution in [-0.2, 0) is 24.3 Å². The molecule has 0 saturated carbocycles. The molecule has 0 unspecified atom stereocenters. The number of piperazine rings is 1. The van der Waals surface area contributed by atoms with Gasteiger partial charge in [-0.15, -0.1) is 0 Å². The molecule has 160 valence electrons. The number of methoxy groups -OCH3 is 1. The lowest BCUT2D eigenvalue weighted by molar-refractivity contribution is -0.136. The largest absolute Gasteiger partial charge is 0.465 e. The number of anilines is 1. The molecule has 2 aliphatic heterocycles. The van der Waals surface area contributed by atoms with E-state index in [9.17, 15) is 18.0 Å². The number of morpholine rings is 1. The Hall–Kier alpha value is -2.21. The summed E-state index contributed by atoms with van der Waals surface area (Å²) < 4.78 is 33.3. The zero-order valence-electron chi connectivity index (χ0n) is 16.4. The summed E-state index contributed by atoms with van der Waals surface area (Å²) in [4.78, 5) is 30.3. The molecule has 0 aliphatic carbocycles. The molecule has 2 aliphatic rings. The highest BCUT2D eigenvalue weighted by molar-refractivity contribution is 7.89. The van der Waals surface area contributed by atoms with Crippen molar-refractivity contribution in [2.24, 2.45) is 5.14 Å². The lowest BCUT2D eigenvalue weighted by Gasteiger charge is -2.37. The molecule has 0 atom stereocenters. The maximum Gasteiger partial charge on any atom is 0.340 e. The number of carbonyl (C=O) groups excluding carboxylic acids is 2. The average Bonchev–Trinajstić information content (AvgIpc) is 2.73. The normalized spacial score (nSPS) is 18.6. The Labute approximate surface area is 170 Å². The van der Waals surface area contributed by atoms with Crippen LogP contribution in [0.4, 0.5) is 5.69 Å². The van der Waals surface area contributed by atoms with Gasteiger partial charge in [-0.05, 0) is 18.2 Å². The van der Waals surface area contributed by atoms with E-state index < -0.39 is 16.0 Å². The lowest BCUT2D eigenvalue weighted by Crippen LogP contribution is -2.51. The number of amides is 1. The van der Waals surface area contributed by atoms with E-state index in [-0.39, 0.29) is 16.4 Å². The fourth-order valence-electron chi connectivity index (χ4n) is 3.49. The third kappa shape index (κ3) is 5.24. The molecule has 2 saturated heterocycles. The Bertz CT molecular complexity index is 861. The summed E-state index contributed by atoms with van der Waals surface area (Å²) in [6, 6.07) is 4.19. The number of carbonyl (C=O) groups is 2. The van der Waals surface area contributed by atoms with E-state index in [1.54, 1.807) is 6.07 Å². The van der Waals surface area contributed by atoms with Crippen LogP contribution in [0.15, 0.2) is 23.1 Å². The van der Waals surface area contributed by atoms with E-state index in [2.05, 4.69) is 4.90 Å². The van der Waals surface area contributed by atoms with Crippen molar-refractivity contribution in [1.82, 2.24) is 9.80 Å². The monoisotopic (exact) mass is 426 g/mol. The summed E-state index contributed by atoms with van der Waals surface area (Å²) in [5, 5.41) is 5.18. The highest BCUT2D eigenvalue weighted by Crippen LogP contribution is 2.26. The Morgan fingerprint density at radius 3 is 2.34 bits per heavy atom. The maximum absolute atomic E-state index is 12.4. The van der Waals surface area contributed by atoms with Crippen molar-refractivity contribution in [3.05, 3.63) is 23.8 Å². The molecule has 29 heavy (non-hydrogen) atoms. The summed E-state index contributed by atoms with van der Waals surface area (Å²) in [5.74, 6) is -0.537. The number of rotatable bonds is 5. The van der Waals surface area contributed by atoms with Gasteiger partial charge >= 0.3 is 5.97 Å². The first-order valence-corrected chi connectivity index (χ1v) is 10.9. The van der Waals surface area contributed by atoms with Gasteiger partial charge in [0.15, 0.2) is 0 Å². The number of nitrogens with zero attached hydrogens (tertiary/aromatic N) is 3. The molecule has 1 aromatic rings. The van der Waals surface area contributed by atoms with E-state index in [0.29, 0.717) is 64.7 Å². The van der Waals surface area contributed by atoms with Crippen LogP contribution in [0.3, 0.4) is 0 Å². The molecule has 0 spiro atoms. The van der Waals surface area contributed by atoms with Crippen LogP contribution in [0.25, 0.3) is 0 Å². The molecular weight excluding hydrogens is 400 g/mol. The Morgan fingerprint density at radius 2 is 1.76 bits per heavy atom. The van der Waals surface area contributed by atoms with Crippen LogP contribution in [0.1, 0.15) is 10.4 Å². The molecule has 3 rings (SSSR count). The van der Waals surface area contributed by atoms with Crippen molar-refractivity contribution in [1.29, 1.82) is 0 Å². The highest BCUT2D eigenvalue weighted by atomic mass is 32.2. The molecule has 0 radical (unpaired) electrons. The first-order valence-electron chi connectivity index (χ1n) is 9.37. The van der Waals surface area contributed by atoms with Crippen LogP contribution >= 0.6 is 0 Å². The number of ether oxygens (including phenoxy) is 2. The Balaban J connectivity index is 1.67. The van der Waals surface area contributed by atoms with E-state index in [4.69, 9.17) is 14.6 Å². The zero-order valence-corrected chi connectivity index (χ0v) is 17.2. The van der Waals surface area contributed by atoms with E-state index in [0.717, 1.165) is 0 Å². The van der Waals surface area contributed by atoms with Crippen molar-refractivity contribution >= 4 is 27.6 Å². The SMILES string of the molecule is COC(=O)c1cc(S(N)(=O)=O)ccc1N1CCN(CC(=O)N2CCOCC2)CC1. The average molecular weight is 426 g/mol. The predicted molar refractivity (Wildman–Crippen MR) is 105 cm³/mol. The molecule has 2 heterocycles. The molecule has 10 nitrogen and oxygen atoms in total. The molecule has 1 amide bonds. The molecule has 2 fully saturated rings. The molecule has 0 aromatic heterocycles. The van der Waals surface area contributed by atoms with Gasteiger partial charge in [0, 0.05) is 39.3 Å². The summed E-state index contributed by atoms with van der Waals surface area (Å²) in [5.41, 5.74) is 0.736. The standard InChI is InChI=1S/C18H26N4O6S/c1-27-18(24)15-12-14(29(19,25)26)2-3-16(15)21-6-4-20(5-7-21)13-17(23)22-8-10-28-11-9-22/h2-3,12H,4-11,13H2,1H3,(H2,19,25,26). The molecular formula is C18H26N4O6S. The van der Waals surface area contributed by atoms with Gasteiger partial charge in [-0.2, -0.15) is 0 Å². The number of nitrogens with two attached hydrogens (primary N) is 1. The quantitative estimate of drug-likeness (QED) is 0.601. The van der Waals surface area contributed by atoms with Crippen LogP contribution < -0.4 is 10.0 Å². The van der Waals surface area contributed by atoms with Gasteiger partial charge in [0.05, 0.1) is 43.0 Å². The minimum atomic E-state index is -3.93. The molecule has 11 heteroatoms.